The Labute approximate surface area is 102 Å². The molecule has 1 aromatic heterocycles. The topological polar surface area (TPSA) is 47.3 Å². The van der Waals surface area contributed by atoms with Crippen molar-refractivity contribution in [2.75, 3.05) is 13.2 Å². The van der Waals surface area contributed by atoms with Gasteiger partial charge in [0.15, 0.2) is 0 Å². The van der Waals surface area contributed by atoms with Crippen LogP contribution in [0.5, 0.6) is 0 Å². The van der Waals surface area contributed by atoms with Gasteiger partial charge in [-0.3, -0.25) is 0 Å². The highest BCUT2D eigenvalue weighted by Gasteiger charge is 2.26. The fourth-order valence-electron chi connectivity index (χ4n) is 3.03. The lowest BCUT2D eigenvalue weighted by atomic mass is 9.95. The molecule has 0 amide bonds. The summed E-state index contributed by atoms with van der Waals surface area (Å²) in [5.41, 5.74) is 2.21. The third-order valence-corrected chi connectivity index (χ3v) is 3.97. The molecule has 1 fully saturated rings. The molecule has 0 unspecified atom stereocenters. The first-order valence-electron chi connectivity index (χ1n) is 6.67. The number of fused-ring (bicyclic) bond motifs is 1. The maximum atomic E-state index is 9.60. The largest absolute Gasteiger partial charge is 0.390 e. The molecule has 2 aliphatic rings. The maximum Gasteiger partial charge on any atom is 0.109 e. The van der Waals surface area contributed by atoms with Crippen LogP contribution >= 0.6 is 0 Å². The summed E-state index contributed by atoms with van der Waals surface area (Å²) < 4.78 is 7.64. The van der Waals surface area contributed by atoms with E-state index in [1.807, 2.05) is 0 Å². The Morgan fingerprint density at radius 1 is 1.29 bits per heavy atom. The molecule has 0 spiro atoms. The normalized spacial score (nSPS) is 21.5. The number of imidazole rings is 1. The second kappa shape index (κ2) is 4.78. The summed E-state index contributed by atoms with van der Waals surface area (Å²) in [5, 5.41) is 9.60. The first-order valence-corrected chi connectivity index (χ1v) is 6.67. The van der Waals surface area contributed by atoms with Crippen LogP contribution < -0.4 is 0 Å². The first-order chi connectivity index (χ1) is 8.40. The molecular weight excluding hydrogens is 216 g/mol. The number of rotatable bonds is 2. The minimum absolute atomic E-state index is 0.125. The van der Waals surface area contributed by atoms with Crippen LogP contribution in [0.3, 0.4) is 0 Å². The Hall–Kier alpha value is -0.870. The van der Waals surface area contributed by atoms with E-state index in [4.69, 9.17) is 9.72 Å². The van der Waals surface area contributed by atoms with Gasteiger partial charge in [0.25, 0.3) is 0 Å². The van der Waals surface area contributed by atoms with Gasteiger partial charge in [0.1, 0.15) is 5.82 Å². The van der Waals surface area contributed by atoms with E-state index in [1.54, 1.807) is 0 Å². The van der Waals surface area contributed by atoms with Crippen molar-refractivity contribution in [3.05, 3.63) is 17.2 Å². The third-order valence-electron chi connectivity index (χ3n) is 3.97. The lowest BCUT2D eigenvalue weighted by Crippen LogP contribution is -2.16. The van der Waals surface area contributed by atoms with E-state index >= 15 is 0 Å². The monoisotopic (exact) mass is 236 g/mol. The standard InChI is InChI=1S/C13H20N2O2/c16-9-11-13(10-4-7-17-8-5-10)14-12-3-1-2-6-15(11)12/h10,16H,1-9H2. The molecule has 2 aliphatic heterocycles. The second-order valence-corrected chi connectivity index (χ2v) is 5.01. The average molecular weight is 236 g/mol. The van der Waals surface area contributed by atoms with Crippen LogP contribution in [-0.2, 0) is 24.3 Å². The Balaban J connectivity index is 1.94. The molecule has 0 bridgehead atoms. The highest BCUT2D eigenvalue weighted by atomic mass is 16.5. The summed E-state index contributed by atoms with van der Waals surface area (Å²) in [6, 6.07) is 0. The molecule has 0 aliphatic carbocycles. The average Bonchev–Trinajstić information content (AvgIpc) is 2.78. The van der Waals surface area contributed by atoms with Gasteiger partial charge in [-0.2, -0.15) is 0 Å². The summed E-state index contributed by atoms with van der Waals surface area (Å²) in [5.74, 6) is 1.67. The smallest absolute Gasteiger partial charge is 0.109 e. The number of nitrogens with zero attached hydrogens (tertiary/aromatic N) is 2. The van der Waals surface area contributed by atoms with Crippen LogP contribution in [0, 0.1) is 0 Å². The van der Waals surface area contributed by atoms with E-state index in [-0.39, 0.29) is 6.61 Å². The predicted octanol–water partition coefficient (Wildman–Crippen LogP) is 1.61. The second-order valence-electron chi connectivity index (χ2n) is 5.01. The van der Waals surface area contributed by atoms with E-state index in [0.717, 1.165) is 50.4 Å². The summed E-state index contributed by atoms with van der Waals surface area (Å²) in [6.07, 6.45) is 5.60. The summed E-state index contributed by atoms with van der Waals surface area (Å²) >= 11 is 0. The molecule has 0 saturated carbocycles. The zero-order chi connectivity index (χ0) is 11.7. The van der Waals surface area contributed by atoms with E-state index < -0.39 is 0 Å². The summed E-state index contributed by atoms with van der Waals surface area (Å²) in [4.78, 5) is 4.79. The minimum atomic E-state index is 0.125. The molecule has 1 N–H and O–H groups in total. The minimum Gasteiger partial charge on any atom is -0.390 e. The first kappa shape index (κ1) is 11.2. The number of ether oxygens (including phenoxy) is 1. The number of hydrogen-bond donors (Lipinski definition) is 1. The number of aryl methyl sites for hydroxylation is 1. The Bertz CT molecular complexity index is 394. The molecule has 1 aromatic rings. The van der Waals surface area contributed by atoms with Crippen molar-refractivity contribution in [2.24, 2.45) is 0 Å². The zero-order valence-corrected chi connectivity index (χ0v) is 10.2. The van der Waals surface area contributed by atoms with E-state index in [9.17, 15) is 5.11 Å². The lowest BCUT2D eigenvalue weighted by Gasteiger charge is -2.21. The van der Waals surface area contributed by atoms with Crippen molar-refractivity contribution >= 4 is 0 Å². The Morgan fingerprint density at radius 2 is 2.12 bits per heavy atom. The number of aromatic nitrogens is 2. The highest BCUT2D eigenvalue weighted by Crippen LogP contribution is 2.31. The molecule has 3 rings (SSSR count). The van der Waals surface area contributed by atoms with Crippen LogP contribution in [0.15, 0.2) is 0 Å². The van der Waals surface area contributed by atoms with Gasteiger partial charge in [0, 0.05) is 32.1 Å². The fourth-order valence-corrected chi connectivity index (χ4v) is 3.03. The van der Waals surface area contributed by atoms with Crippen LogP contribution in [-0.4, -0.2) is 27.9 Å². The van der Waals surface area contributed by atoms with E-state index in [2.05, 4.69) is 4.57 Å². The number of hydrogen-bond acceptors (Lipinski definition) is 3. The van der Waals surface area contributed by atoms with Crippen molar-refractivity contribution in [2.45, 2.75) is 51.2 Å². The molecule has 4 heteroatoms. The molecule has 1 saturated heterocycles. The quantitative estimate of drug-likeness (QED) is 0.848. The SMILES string of the molecule is OCc1c(C2CCOCC2)nc2n1CCCC2. The molecular formula is C13H20N2O2. The third kappa shape index (κ3) is 2.00. The van der Waals surface area contributed by atoms with Crippen molar-refractivity contribution in [3.8, 4) is 0 Å². The van der Waals surface area contributed by atoms with Gasteiger partial charge in [-0.1, -0.05) is 0 Å². The maximum absolute atomic E-state index is 9.60. The summed E-state index contributed by atoms with van der Waals surface area (Å²) in [6.45, 7) is 2.82. The lowest BCUT2D eigenvalue weighted by molar-refractivity contribution is 0.0840. The van der Waals surface area contributed by atoms with Gasteiger partial charge in [0.2, 0.25) is 0 Å². The van der Waals surface area contributed by atoms with Crippen molar-refractivity contribution in [3.63, 3.8) is 0 Å². The fraction of sp³-hybridized carbons (Fsp3) is 0.769. The molecule has 3 heterocycles. The molecule has 94 valence electrons. The van der Waals surface area contributed by atoms with Crippen molar-refractivity contribution in [1.82, 2.24) is 9.55 Å². The van der Waals surface area contributed by atoms with Crippen LogP contribution in [0.4, 0.5) is 0 Å². The number of aliphatic hydroxyl groups is 1. The molecule has 0 atom stereocenters. The van der Waals surface area contributed by atoms with Crippen molar-refractivity contribution in [1.29, 1.82) is 0 Å². The van der Waals surface area contributed by atoms with Crippen LogP contribution in [0.25, 0.3) is 0 Å². The predicted molar refractivity (Wildman–Crippen MR) is 63.9 cm³/mol. The van der Waals surface area contributed by atoms with Crippen LogP contribution in [0.1, 0.15) is 48.8 Å². The van der Waals surface area contributed by atoms with Gasteiger partial charge in [-0.15, -0.1) is 0 Å². The van der Waals surface area contributed by atoms with Gasteiger partial charge in [0.05, 0.1) is 18.0 Å². The van der Waals surface area contributed by atoms with E-state index in [1.165, 1.54) is 18.7 Å². The molecule has 17 heavy (non-hydrogen) atoms. The van der Waals surface area contributed by atoms with Gasteiger partial charge >= 0.3 is 0 Å². The van der Waals surface area contributed by atoms with Gasteiger partial charge in [-0.05, 0) is 25.7 Å². The molecule has 0 radical (unpaired) electrons. The zero-order valence-electron chi connectivity index (χ0n) is 10.2. The Morgan fingerprint density at radius 3 is 2.88 bits per heavy atom. The van der Waals surface area contributed by atoms with Crippen LogP contribution in [0.2, 0.25) is 0 Å². The van der Waals surface area contributed by atoms with Crippen molar-refractivity contribution < 1.29 is 9.84 Å². The molecule has 4 nitrogen and oxygen atoms in total. The molecule has 0 aromatic carbocycles. The van der Waals surface area contributed by atoms with Gasteiger partial charge in [-0.25, -0.2) is 4.98 Å². The number of aliphatic hydroxyl groups excluding tert-OH is 1. The van der Waals surface area contributed by atoms with E-state index in [0.29, 0.717) is 5.92 Å². The Kier molecular flexibility index (Phi) is 3.16. The summed E-state index contributed by atoms with van der Waals surface area (Å²) in [7, 11) is 0. The highest BCUT2D eigenvalue weighted by molar-refractivity contribution is 5.22. The van der Waals surface area contributed by atoms with Gasteiger partial charge < -0.3 is 14.4 Å².